The van der Waals surface area contributed by atoms with E-state index in [1.165, 1.54) is 12.8 Å². The predicted molar refractivity (Wildman–Crippen MR) is 83.3 cm³/mol. The Morgan fingerprint density at radius 3 is 2.70 bits per heavy atom. The van der Waals surface area contributed by atoms with Gasteiger partial charge in [-0.1, -0.05) is 0 Å². The van der Waals surface area contributed by atoms with E-state index < -0.39 is 0 Å². The quantitative estimate of drug-likeness (QED) is 0.856. The average Bonchev–Trinajstić information content (AvgIpc) is 3.16. The summed E-state index contributed by atoms with van der Waals surface area (Å²) >= 11 is 0. The van der Waals surface area contributed by atoms with Gasteiger partial charge in [0.05, 0.1) is 6.10 Å². The zero-order valence-electron chi connectivity index (χ0n) is 13.7. The van der Waals surface area contributed by atoms with Crippen LogP contribution in [0.2, 0.25) is 0 Å². The molecule has 0 amide bonds. The van der Waals surface area contributed by atoms with Crippen molar-refractivity contribution >= 4 is 5.82 Å². The van der Waals surface area contributed by atoms with E-state index in [0.717, 1.165) is 30.3 Å². The van der Waals surface area contributed by atoms with E-state index in [9.17, 15) is 0 Å². The van der Waals surface area contributed by atoms with Crippen molar-refractivity contribution in [1.82, 2.24) is 20.2 Å². The fourth-order valence-corrected chi connectivity index (χ4v) is 3.15. The fraction of sp³-hybridized carbons (Fsp3) is 0.625. The van der Waals surface area contributed by atoms with Crippen LogP contribution in [0.1, 0.15) is 54.5 Å². The van der Waals surface area contributed by atoms with Gasteiger partial charge in [-0.15, -0.1) is 10.2 Å². The number of anilines is 1. The van der Waals surface area contributed by atoms with Crippen molar-refractivity contribution in [3.8, 4) is 0 Å². The molecule has 1 saturated carbocycles. The predicted octanol–water partition coefficient (Wildman–Crippen LogP) is 2.32. The summed E-state index contributed by atoms with van der Waals surface area (Å²) in [5.74, 6) is 3.63. The van der Waals surface area contributed by atoms with Crippen molar-refractivity contribution in [2.75, 3.05) is 18.6 Å². The monoisotopic (exact) mass is 315 g/mol. The molecule has 7 heteroatoms. The van der Waals surface area contributed by atoms with Gasteiger partial charge in [-0.2, -0.15) is 0 Å². The molecule has 23 heavy (non-hydrogen) atoms. The first-order chi connectivity index (χ1) is 11.1. The molecule has 0 N–H and O–H groups in total. The third kappa shape index (κ3) is 2.81. The first-order valence-electron chi connectivity index (χ1n) is 8.09. The highest BCUT2D eigenvalue weighted by molar-refractivity contribution is 5.44. The molecule has 4 rings (SSSR count). The Kier molecular flexibility index (Phi) is 3.52. The van der Waals surface area contributed by atoms with Gasteiger partial charge in [-0.05, 0) is 19.8 Å². The highest BCUT2D eigenvalue weighted by Gasteiger charge is 2.38. The molecule has 2 aromatic heterocycles. The van der Waals surface area contributed by atoms with Gasteiger partial charge in [0.15, 0.2) is 0 Å². The van der Waals surface area contributed by atoms with E-state index in [-0.39, 0.29) is 12.1 Å². The van der Waals surface area contributed by atoms with Crippen LogP contribution in [0, 0.1) is 13.8 Å². The molecule has 0 radical (unpaired) electrons. The van der Waals surface area contributed by atoms with E-state index in [2.05, 4.69) is 20.1 Å². The fourth-order valence-electron chi connectivity index (χ4n) is 3.15. The summed E-state index contributed by atoms with van der Waals surface area (Å²) in [5.41, 5.74) is 0.998. The largest absolute Gasteiger partial charge is 0.423 e. The average molecular weight is 315 g/mol. The van der Waals surface area contributed by atoms with Gasteiger partial charge in [0.1, 0.15) is 17.7 Å². The van der Waals surface area contributed by atoms with Crippen LogP contribution in [0.5, 0.6) is 0 Å². The Labute approximate surface area is 135 Å². The lowest BCUT2D eigenvalue weighted by Gasteiger charge is -2.23. The zero-order valence-corrected chi connectivity index (χ0v) is 13.7. The number of aryl methyl sites for hydroxylation is 2. The molecule has 1 saturated heterocycles. The maximum absolute atomic E-state index is 5.67. The molecule has 2 fully saturated rings. The molecular weight excluding hydrogens is 294 g/mol. The van der Waals surface area contributed by atoms with Crippen LogP contribution in [0.15, 0.2) is 10.5 Å². The van der Waals surface area contributed by atoms with Crippen LogP contribution in [0.4, 0.5) is 5.82 Å². The minimum atomic E-state index is 0.00232. The zero-order chi connectivity index (χ0) is 16.0. The SMILES string of the molecule is CO[C@@H]1C[C@H](c2nnc(C)o2)N(c2cc(C)nc(C3CC3)n2)C1. The van der Waals surface area contributed by atoms with Crippen LogP contribution < -0.4 is 4.90 Å². The molecule has 0 spiro atoms. The van der Waals surface area contributed by atoms with E-state index in [1.807, 2.05) is 19.9 Å². The van der Waals surface area contributed by atoms with Crippen molar-refractivity contribution in [1.29, 1.82) is 0 Å². The van der Waals surface area contributed by atoms with Crippen molar-refractivity contribution in [3.63, 3.8) is 0 Å². The molecule has 3 heterocycles. The second-order valence-corrected chi connectivity index (χ2v) is 6.42. The summed E-state index contributed by atoms with van der Waals surface area (Å²) < 4.78 is 11.2. The third-order valence-corrected chi connectivity index (χ3v) is 4.52. The molecule has 1 aliphatic heterocycles. The molecule has 1 aliphatic carbocycles. The molecule has 0 unspecified atom stereocenters. The molecular formula is C16H21N5O2. The molecule has 122 valence electrons. The minimum Gasteiger partial charge on any atom is -0.423 e. The van der Waals surface area contributed by atoms with E-state index in [0.29, 0.717) is 17.7 Å². The van der Waals surface area contributed by atoms with Gasteiger partial charge in [-0.3, -0.25) is 0 Å². The lowest BCUT2D eigenvalue weighted by molar-refractivity contribution is 0.117. The summed E-state index contributed by atoms with van der Waals surface area (Å²) in [4.78, 5) is 11.6. The molecule has 0 bridgehead atoms. The molecule has 2 aliphatic rings. The Bertz CT molecular complexity index is 712. The summed E-state index contributed by atoms with van der Waals surface area (Å²) in [7, 11) is 1.74. The van der Waals surface area contributed by atoms with Gasteiger partial charge in [-0.25, -0.2) is 9.97 Å². The maximum atomic E-state index is 5.67. The highest BCUT2D eigenvalue weighted by atomic mass is 16.5. The van der Waals surface area contributed by atoms with Gasteiger partial charge < -0.3 is 14.1 Å². The topological polar surface area (TPSA) is 77.2 Å². The minimum absolute atomic E-state index is 0.00232. The highest BCUT2D eigenvalue weighted by Crippen LogP contribution is 2.40. The van der Waals surface area contributed by atoms with E-state index in [1.54, 1.807) is 7.11 Å². The number of hydrogen-bond acceptors (Lipinski definition) is 7. The first-order valence-corrected chi connectivity index (χ1v) is 8.09. The Hall–Kier alpha value is -2.02. The Morgan fingerprint density at radius 2 is 2.04 bits per heavy atom. The maximum Gasteiger partial charge on any atom is 0.238 e. The normalized spacial score (nSPS) is 24.4. The summed E-state index contributed by atoms with van der Waals surface area (Å²) in [6.45, 7) is 4.60. The summed E-state index contributed by atoms with van der Waals surface area (Å²) in [6.07, 6.45) is 3.33. The standard InChI is InChI=1S/C16H21N5O2/c1-9-6-14(18-15(17-9)11-4-5-11)21-8-12(22-3)7-13(21)16-20-19-10(2)23-16/h6,11-13H,4-5,7-8H2,1-3H3/t12-,13-/m1/s1. The number of methoxy groups -OCH3 is 1. The van der Waals surface area contributed by atoms with Crippen molar-refractivity contribution < 1.29 is 9.15 Å². The lowest BCUT2D eigenvalue weighted by Crippen LogP contribution is -2.26. The molecule has 0 aromatic carbocycles. The van der Waals surface area contributed by atoms with Gasteiger partial charge in [0, 0.05) is 44.7 Å². The van der Waals surface area contributed by atoms with Crippen molar-refractivity contribution in [2.45, 2.75) is 51.2 Å². The van der Waals surface area contributed by atoms with Crippen molar-refractivity contribution in [3.05, 3.63) is 29.4 Å². The second-order valence-electron chi connectivity index (χ2n) is 6.42. The van der Waals surface area contributed by atoms with Gasteiger partial charge >= 0.3 is 0 Å². The molecule has 2 aromatic rings. The third-order valence-electron chi connectivity index (χ3n) is 4.52. The van der Waals surface area contributed by atoms with Crippen LogP contribution in [-0.2, 0) is 4.74 Å². The van der Waals surface area contributed by atoms with E-state index in [4.69, 9.17) is 14.1 Å². The number of rotatable bonds is 4. The number of ether oxygens (including phenoxy) is 1. The molecule has 2 atom stereocenters. The summed E-state index contributed by atoms with van der Waals surface area (Å²) in [6, 6.07) is 2.03. The second kappa shape index (κ2) is 5.56. The molecule has 7 nitrogen and oxygen atoms in total. The number of hydrogen-bond donors (Lipinski definition) is 0. The van der Waals surface area contributed by atoms with Crippen LogP contribution >= 0.6 is 0 Å². The van der Waals surface area contributed by atoms with Crippen LogP contribution in [-0.4, -0.2) is 39.9 Å². The summed E-state index contributed by atoms with van der Waals surface area (Å²) in [5, 5.41) is 8.17. The van der Waals surface area contributed by atoms with Gasteiger partial charge in [0.2, 0.25) is 11.8 Å². The Morgan fingerprint density at radius 1 is 1.22 bits per heavy atom. The van der Waals surface area contributed by atoms with E-state index >= 15 is 0 Å². The smallest absolute Gasteiger partial charge is 0.238 e. The first kappa shape index (κ1) is 14.6. The Balaban J connectivity index is 1.69. The number of nitrogens with zero attached hydrogens (tertiary/aromatic N) is 5. The van der Waals surface area contributed by atoms with Gasteiger partial charge in [0.25, 0.3) is 0 Å². The van der Waals surface area contributed by atoms with Crippen LogP contribution in [0.3, 0.4) is 0 Å². The van der Waals surface area contributed by atoms with Crippen LogP contribution in [0.25, 0.3) is 0 Å². The lowest BCUT2D eigenvalue weighted by atomic mass is 10.2. The number of aromatic nitrogens is 4. The van der Waals surface area contributed by atoms with Crippen molar-refractivity contribution in [2.24, 2.45) is 0 Å².